The smallest absolute Gasteiger partial charge is 0.244 e. The molecule has 5 nitrogen and oxygen atoms in total. The summed E-state index contributed by atoms with van der Waals surface area (Å²) in [4.78, 5) is 11.8. The normalized spacial score (nSPS) is 11.8. The zero-order valence-corrected chi connectivity index (χ0v) is 16.5. The second-order valence-corrected chi connectivity index (χ2v) is 8.50. The molecule has 0 saturated heterocycles. The Kier molecular flexibility index (Phi) is 7.76. The third-order valence-electron chi connectivity index (χ3n) is 4.04. The van der Waals surface area contributed by atoms with Crippen LogP contribution >= 0.6 is 0 Å². The highest BCUT2D eigenvalue weighted by atomic mass is 32.2. The summed E-state index contributed by atoms with van der Waals surface area (Å²) in [5.74, 6) is -0.0207. The third kappa shape index (κ3) is 7.76. The van der Waals surface area contributed by atoms with Crippen molar-refractivity contribution >= 4 is 22.0 Å². The first kappa shape index (κ1) is 20.9. The molecule has 1 amide bonds. The standard InChI is InChI=1S/C21H26N2O3S/c1-17(2)20-11-8-18(9-12-20)10-13-21(24)22-14-15-27(25,26)23-16-19-6-4-3-5-7-19/h3-13,17,23H,14-16H2,1-2H3,(H,22,24). The Morgan fingerprint density at radius 2 is 1.70 bits per heavy atom. The summed E-state index contributed by atoms with van der Waals surface area (Å²) < 4.78 is 26.5. The molecule has 0 fully saturated rings. The van der Waals surface area contributed by atoms with Gasteiger partial charge in [0, 0.05) is 19.2 Å². The fourth-order valence-corrected chi connectivity index (χ4v) is 3.29. The van der Waals surface area contributed by atoms with Gasteiger partial charge < -0.3 is 5.32 Å². The Balaban J connectivity index is 1.74. The number of hydrogen-bond acceptors (Lipinski definition) is 3. The molecule has 27 heavy (non-hydrogen) atoms. The largest absolute Gasteiger partial charge is 0.351 e. The number of sulfonamides is 1. The monoisotopic (exact) mass is 386 g/mol. The van der Waals surface area contributed by atoms with E-state index in [1.165, 1.54) is 11.6 Å². The van der Waals surface area contributed by atoms with E-state index in [2.05, 4.69) is 23.9 Å². The minimum absolute atomic E-state index is 0.0551. The van der Waals surface area contributed by atoms with E-state index in [0.717, 1.165) is 11.1 Å². The summed E-state index contributed by atoms with van der Waals surface area (Å²) in [5.41, 5.74) is 3.05. The summed E-state index contributed by atoms with van der Waals surface area (Å²) >= 11 is 0. The van der Waals surface area contributed by atoms with Crippen LogP contribution in [0.15, 0.2) is 60.7 Å². The van der Waals surface area contributed by atoms with E-state index in [0.29, 0.717) is 5.92 Å². The van der Waals surface area contributed by atoms with Gasteiger partial charge in [0.2, 0.25) is 15.9 Å². The van der Waals surface area contributed by atoms with Crippen molar-refractivity contribution in [1.29, 1.82) is 0 Å². The highest BCUT2D eigenvalue weighted by Gasteiger charge is 2.10. The van der Waals surface area contributed by atoms with Crippen LogP contribution in [0, 0.1) is 0 Å². The molecule has 0 atom stereocenters. The molecule has 0 aliphatic carbocycles. The average Bonchev–Trinajstić information content (AvgIpc) is 2.66. The zero-order valence-electron chi connectivity index (χ0n) is 15.7. The van der Waals surface area contributed by atoms with Gasteiger partial charge in [-0.2, -0.15) is 0 Å². The van der Waals surface area contributed by atoms with E-state index in [-0.39, 0.29) is 24.7 Å². The van der Waals surface area contributed by atoms with Gasteiger partial charge >= 0.3 is 0 Å². The summed E-state index contributed by atoms with van der Waals surface area (Å²) in [7, 11) is -3.44. The van der Waals surface area contributed by atoms with E-state index in [1.807, 2.05) is 54.6 Å². The molecule has 0 aromatic heterocycles. The number of carbonyl (C=O) groups is 1. The first-order valence-electron chi connectivity index (χ1n) is 8.93. The molecular formula is C21H26N2O3S. The van der Waals surface area contributed by atoms with Crippen molar-refractivity contribution in [2.24, 2.45) is 0 Å². The lowest BCUT2D eigenvalue weighted by molar-refractivity contribution is -0.116. The number of amides is 1. The quantitative estimate of drug-likeness (QED) is 0.651. The molecule has 0 unspecified atom stereocenters. The predicted octanol–water partition coefficient (Wildman–Crippen LogP) is 3.06. The van der Waals surface area contributed by atoms with Gasteiger partial charge in [-0.15, -0.1) is 0 Å². The molecular weight excluding hydrogens is 360 g/mol. The van der Waals surface area contributed by atoms with Crippen LogP contribution in [-0.4, -0.2) is 26.6 Å². The Morgan fingerprint density at radius 3 is 2.33 bits per heavy atom. The number of rotatable bonds is 9. The lowest BCUT2D eigenvalue weighted by Gasteiger charge is -2.07. The van der Waals surface area contributed by atoms with Crippen LogP contribution in [0.4, 0.5) is 0 Å². The zero-order chi connectivity index (χ0) is 19.7. The fourth-order valence-electron chi connectivity index (χ4n) is 2.39. The molecule has 0 heterocycles. The number of benzene rings is 2. The minimum Gasteiger partial charge on any atom is -0.351 e. The highest BCUT2D eigenvalue weighted by molar-refractivity contribution is 7.89. The maximum Gasteiger partial charge on any atom is 0.244 e. The Bertz CT molecular complexity index is 858. The van der Waals surface area contributed by atoms with Crippen LogP contribution in [0.5, 0.6) is 0 Å². The van der Waals surface area contributed by atoms with Crippen LogP contribution in [0.3, 0.4) is 0 Å². The predicted molar refractivity (Wildman–Crippen MR) is 110 cm³/mol. The summed E-state index contributed by atoms with van der Waals surface area (Å²) in [5, 5.41) is 2.59. The van der Waals surface area contributed by atoms with Gasteiger partial charge in [0.05, 0.1) is 5.75 Å². The second kappa shape index (κ2) is 10.0. The van der Waals surface area contributed by atoms with E-state index in [9.17, 15) is 13.2 Å². The van der Waals surface area contributed by atoms with Gasteiger partial charge in [-0.05, 0) is 28.7 Å². The molecule has 0 radical (unpaired) electrons. The molecule has 0 aliphatic rings. The molecule has 144 valence electrons. The van der Waals surface area contributed by atoms with Crippen molar-refractivity contribution in [2.75, 3.05) is 12.3 Å². The highest BCUT2D eigenvalue weighted by Crippen LogP contribution is 2.15. The van der Waals surface area contributed by atoms with Gasteiger partial charge in [0.25, 0.3) is 0 Å². The van der Waals surface area contributed by atoms with Crippen molar-refractivity contribution in [1.82, 2.24) is 10.0 Å². The van der Waals surface area contributed by atoms with Gasteiger partial charge in [-0.25, -0.2) is 13.1 Å². The summed E-state index contributed by atoms with van der Waals surface area (Å²) in [6.07, 6.45) is 3.12. The summed E-state index contributed by atoms with van der Waals surface area (Å²) in [6, 6.07) is 17.3. The van der Waals surface area contributed by atoms with Crippen LogP contribution in [0.1, 0.15) is 36.5 Å². The van der Waals surface area contributed by atoms with Crippen LogP contribution < -0.4 is 10.0 Å². The van der Waals surface area contributed by atoms with Gasteiger partial charge in [-0.3, -0.25) is 4.79 Å². The maximum atomic E-state index is 12.0. The van der Waals surface area contributed by atoms with Crippen molar-refractivity contribution in [3.05, 3.63) is 77.4 Å². The minimum atomic E-state index is -3.44. The van der Waals surface area contributed by atoms with Gasteiger partial charge in [0.1, 0.15) is 0 Å². The molecule has 0 spiro atoms. The first-order valence-corrected chi connectivity index (χ1v) is 10.6. The van der Waals surface area contributed by atoms with Gasteiger partial charge in [0.15, 0.2) is 0 Å². The van der Waals surface area contributed by atoms with Crippen molar-refractivity contribution in [3.8, 4) is 0 Å². The molecule has 2 aromatic carbocycles. The van der Waals surface area contributed by atoms with Gasteiger partial charge in [-0.1, -0.05) is 68.4 Å². The Hall–Kier alpha value is -2.44. The van der Waals surface area contributed by atoms with Crippen LogP contribution in [0.25, 0.3) is 6.08 Å². The second-order valence-electron chi connectivity index (χ2n) is 6.57. The Morgan fingerprint density at radius 1 is 1.04 bits per heavy atom. The molecule has 0 bridgehead atoms. The van der Waals surface area contributed by atoms with E-state index in [4.69, 9.17) is 0 Å². The lowest BCUT2D eigenvalue weighted by atomic mass is 10.0. The van der Waals surface area contributed by atoms with E-state index >= 15 is 0 Å². The fraction of sp³-hybridized carbons (Fsp3) is 0.286. The van der Waals surface area contributed by atoms with Crippen LogP contribution in [-0.2, 0) is 21.4 Å². The third-order valence-corrected chi connectivity index (χ3v) is 5.37. The number of hydrogen-bond donors (Lipinski definition) is 2. The lowest BCUT2D eigenvalue weighted by Crippen LogP contribution is -2.33. The molecule has 0 saturated carbocycles. The van der Waals surface area contributed by atoms with Crippen molar-refractivity contribution in [2.45, 2.75) is 26.3 Å². The molecule has 2 aromatic rings. The van der Waals surface area contributed by atoms with E-state index in [1.54, 1.807) is 6.08 Å². The molecule has 0 aliphatic heterocycles. The molecule has 2 rings (SSSR count). The van der Waals surface area contributed by atoms with Crippen molar-refractivity contribution < 1.29 is 13.2 Å². The SMILES string of the molecule is CC(C)c1ccc(C=CC(=O)NCCS(=O)(=O)NCc2ccccc2)cc1. The topological polar surface area (TPSA) is 75.3 Å². The Labute approximate surface area is 161 Å². The van der Waals surface area contributed by atoms with Crippen molar-refractivity contribution in [3.63, 3.8) is 0 Å². The summed E-state index contributed by atoms with van der Waals surface area (Å²) in [6.45, 7) is 4.55. The number of nitrogens with one attached hydrogen (secondary N) is 2. The average molecular weight is 387 g/mol. The van der Waals surface area contributed by atoms with Crippen LogP contribution in [0.2, 0.25) is 0 Å². The van der Waals surface area contributed by atoms with E-state index < -0.39 is 10.0 Å². The number of carbonyl (C=O) groups excluding carboxylic acids is 1. The molecule has 6 heteroatoms. The first-order chi connectivity index (χ1) is 12.9. The molecule has 2 N–H and O–H groups in total. The maximum absolute atomic E-state index is 12.0.